The molecule has 1 aliphatic heterocycles. The maximum Gasteiger partial charge on any atom is 0.341 e. The summed E-state index contributed by atoms with van der Waals surface area (Å²) in [5, 5.41) is 0. The summed E-state index contributed by atoms with van der Waals surface area (Å²) in [4.78, 5) is 24.3. The molecule has 1 aliphatic rings. The molecule has 0 spiro atoms. The molecule has 0 aromatic heterocycles. The lowest BCUT2D eigenvalue weighted by molar-refractivity contribution is -0.141. The number of esters is 2. The predicted octanol–water partition coefficient (Wildman–Crippen LogP) is 4.23. The summed E-state index contributed by atoms with van der Waals surface area (Å²) in [7, 11) is -3.48. The van der Waals surface area contributed by atoms with Crippen molar-refractivity contribution in [1.82, 2.24) is 0 Å². The molecule has 2 aromatic carbocycles. The van der Waals surface area contributed by atoms with E-state index in [2.05, 4.69) is 0 Å². The SMILES string of the molecule is CCOP(=O)(CC(=O)OCCOc1ccc(C2C(=O)Oc3ccc(C)cc32)cc1)OCC. The van der Waals surface area contributed by atoms with Crippen LogP contribution in [0.1, 0.15) is 36.5 Å². The number of rotatable bonds is 11. The molecular formula is C23H27O8P. The topological polar surface area (TPSA) is 97.4 Å². The quantitative estimate of drug-likeness (QED) is 0.212. The van der Waals surface area contributed by atoms with E-state index in [0.29, 0.717) is 11.5 Å². The van der Waals surface area contributed by atoms with E-state index in [9.17, 15) is 14.2 Å². The Morgan fingerprint density at radius 1 is 1.03 bits per heavy atom. The van der Waals surface area contributed by atoms with Crippen molar-refractivity contribution in [3.8, 4) is 11.5 Å². The highest BCUT2D eigenvalue weighted by molar-refractivity contribution is 7.54. The van der Waals surface area contributed by atoms with Gasteiger partial charge in [0.05, 0.1) is 13.2 Å². The third-order valence-electron chi connectivity index (χ3n) is 4.73. The molecule has 3 rings (SSSR count). The van der Waals surface area contributed by atoms with Gasteiger partial charge in [-0.2, -0.15) is 0 Å². The van der Waals surface area contributed by atoms with Crippen molar-refractivity contribution >= 4 is 19.5 Å². The molecular weight excluding hydrogens is 435 g/mol. The van der Waals surface area contributed by atoms with Crippen LogP contribution in [0.25, 0.3) is 0 Å². The molecule has 8 nitrogen and oxygen atoms in total. The Hall–Kier alpha value is -2.67. The van der Waals surface area contributed by atoms with E-state index in [4.69, 9.17) is 23.3 Å². The van der Waals surface area contributed by atoms with Gasteiger partial charge in [-0.25, -0.2) is 0 Å². The molecule has 172 valence electrons. The minimum absolute atomic E-state index is 0.0135. The van der Waals surface area contributed by atoms with Crippen molar-refractivity contribution in [3.63, 3.8) is 0 Å². The Labute approximate surface area is 187 Å². The van der Waals surface area contributed by atoms with Gasteiger partial charge in [0, 0.05) is 5.56 Å². The lowest BCUT2D eigenvalue weighted by Crippen LogP contribution is -2.17. The van der Waals surface area contributed by atoms with E-state index in [1.165, 1.54) is 0 Å². The summed E-state index contributed by atoms with van der Waals surface area (Å²) in [5.41, 5.74) is 2.72. The van der Waals surface area contributed by atoms with E-state index in [0.717, 1.165) is 16.7 Å². The molecule has 1 unspecified atom stereocenters. The van der Waals surface area contributed by atoms with Crippen LogP contribution < -0.4 is 9.47 Å². The van der Waals surface area contributed by atoms with E-state index in [1.54, 1.807) is 26.0 Å². The normalized spacial score (nSPS) is 15.2. The van der Waals surface area contributed by atoms with Crippen molar-refractivity contribution in [2.24, 2.45) is 0 Å². The van der Waals surface area contributed by atoms with Crippen LogP contribution in [-0.2, 0) is 27.9 Å². The first kappa shape index (κ1) is 24.0. The summed E-state index contributed by atoms with van der Waals surface area (Å²) >= 11 is 0. The van der Waals surface area contributed by atoms with Gasteiger partial charge >= 0.3 is 19.5 Å². The van der Waals surface area contributed by atoms with E-state index >= 15 is 0 Å². The Morgan fingerprint density at radius 2 is 1.72 bits per heavy atom. The smallest absolute Gasteiger partial charge is 0.341 e. The second-order valence-electron chi connectivity index (χ2n) is 7.14. The lowest BCUT2D eigenvalue weighted by atomic mass is 9.92. The van der Waals surface area contributed by atoms with Gasteiger partial charge in [-0.1, -0.05) is 29.8 Å². The fourth-order valence-corrected chi connectivity index (χ4v) is 4.84. The lowest BCUT2D eigenvalue weighted by Gasteiger charge is -2.16. The molecule has 0 saturated carbocycles. The van der Waals surface area contributed by atoms with Crippen molar-refractivity contribution in [2.75, 3.05) is 32.6 Å². The number of hydrogen-bond acceptors (Lipinski definition) is 8. The largest absolute Gasteiger partial charge is 0.490 e. The number of fused-ring (bicyclic) bond motifs is 1. The van der Waals surface area contributed by atoms with Crippen LogP contribution in [0.15, 0.2) is 42.5 Å². The molecule has 0 amide bonds. The molecule has 2 aromatic rings. The average Bonchev–Trinajstić information content (AvgIpc) is 3.07. The second-order valence-corrected chi connectivity index (χ2v) is 9.19. The fraction of sp³-hybridized carbons (Fsp3) is 0.391. The Balaban J connectivity index is 1.50. The summed E-state index contributed by atoms with van der Waals surface area (Å²) in [5.74, 6) is -0.294. The molecule has 0 bridgehead atoms. The highest BCUT2D eigenvalue weighted by Crippen LogP contribution is 2.47. The highest BCUT2D eigenvalue weighted by Gasteiger charge is 2.34. The van der Waals surface area contributed by atoms with Crippen LogP contribution in [-0.4, -0.2) is 44.5 Å². The van der Waals surface area contributed by atoms with Gasteiger partial charge in [0.2, 0.25) is 0 Å². The molecule has 0 fully saturated rings. The van der Waals surface area contributed by atoms with Crippen molar-refractivity contribution in [1.29, 1.82) is 0 Å². The number of hydrogen-bond donors (Lipinski definition) is 0. The number of carbonyl (C=O) groups is 2. The van der Waals surface area contributed by atoms with Crippen LogP contribution in [0.3, 0.4) is 0 Å². The van der Waals surface area contributed by atoms with Gasteiger partial charge in [-0.05, 0) is 44.5 Å². The summed E-state index contributed by atoms with van der Waals surface area (Å²) in [6.07, 6.45) is -0.443. The van der Waals surface area contributed by atoms with Gasteiger partial charge < -0.3 is 23.3 Å². The predicted molar refractivity (Wildman–Crippen MR) is 117 cm³/mol. The zero-order valence-corrected chi connectivity index (χ0v) is 19.3. The maximum atomic E-state index is 12.3. The monoisotopic (exact) mass is 462 g/mol. The van der Waals surface area contributed by atoms with Crippen molar-refractivity contribution < 1.29 is 37.4 Å². The van der Waals surface area contributed by atoms with Crippen LogP contribution in [0, 0.1) is 6.92 Å². The zero-order chi connectivity index (χ0) is 23.1. The van der Waals surface area contributed by atoms with Crippen molar-refractivity contribution in [2.45, 2.75) is 26.7 Å². The van der Waals surface area contributed by atoms with Crippen LogP contribution in [0.5, 0.6) is 11.5 Å². The van der Waals surface area contributed by atoms with Crippen molar-refractivity contribution in [3.05, 3.63) is 59.2 Å². The average molecular weight is 462 g/mol. The second kappa shape index (κ2) is 10.8. The fourth-order valence-electron chi connectivity index (χ4n) is 3.39. The first-order valence-corrected chi connectivity index (χ1v) is 12.2. The van der Waals surface area contributed by atoms with Gasteiger partial charge in [0.25, 0.3) is 0 Å². The molecule has 1 heterocycles. The van der Waals surface area contributed by atoms with E-state index in [-0.39, 0.29) is 32.4 Å². The van der Waals surface area contributed by atoms with Crippen LogP contribution >= 0.6 is 7.60 Å². The van der Waals surface area contributed by atoms with Crippen LogP contribution in [0.2, 0.25) is 0 Å². The molecule has 9 heteroatoms. The van der Waals surface area contributed by atoms with E-state index < -0.39 is 25.6 Å². The Morgan fingerprint density at radius 3 is 2.38 bits per heavy atom. The zero-order valence-electron chi connectivity index (χ0n) is 18.4. The third kappa shape index (κ3) is 5.97. The third-order valence-corrected chi connectivity index (χ3v) is 6.67. The number of benzene rings is 2. The van der Waals surface area contributed by atoms with Gasteiger partial charge in [-0.15, -0.1) is 0 Å². The van der Waals surface area contributed by atoms with Gasteiger partial charge in [0.1, 0.15) is 36.8 Å². The molecule has 0 radical (unpaired) electrons. The van der Waals surface area contributed by atoms with E-state index in [1.807, 2.05) is 37.3 Å². The first-order chi connectivity index (χ1) is 15.3. The Bertz CT molecular complexity index is 992. The minimum atomic E-state index is -3.48. The molecule has 32 heavy (non-hydrogen) atoms. The van der Waals surface area contributed by atoms with Gasteiger partial charge in [0.15, 0.2) is 0 Å². The number of carbonyl (C=O) groups excluding carboxylic acids is 2. The first-order valence-electron chi connectivity index (χ1n) is 10.4. The molecule has 0 N–H and O–H groups in total. The summed E-state index contributed by atoms with van der Waals surface area (Å²) < 4.78 is 38.5. The standard InChI is InChI=1S/C23H27O8P/c1-4-29-32(26,30-5-2)15-21(24)28-13-12-27-18-9-7-17(8-10-18)22-19-14-16(3)6-11-20(19)31-23(22)25/h6-11,14,22H,4-5,12-13,15H2,1-3H3. The number of ether oxygens (including phenoxy) is 3. The minimum Gasteiger partial charge on any atom is -0.490 e. The summed E-state index contributed by atoms with van der Waals surface area (Å²) in [6, 6.07) is 12.8. The molecule has 0 aliphatic carbocycles. The van der Waals surface area contributed by atoms with Crippen LogP contribution in [0.4, 0.5) is 0 Å². The highest BCUT2D eigenvalue weighted by atomic mass is 31.2. The number of aryl methyl sites for hydroxylation is 1. The maximum absolute atomic E-state index is 12.3. The Kier molecular flexibility index (Phi) is 8.07. The molecule has 0 saturated heterocycles. The van der Waals surface area contributed by atoms with Gasteiger partial charge in [-0.3, -0.25) is 14.2 Å². The molecule has 1 atom stereocenters. The summed E-state index contributed by atoms with van der Waals surface area (Å²) in [6.45, 7) is 5.76.